The Labute approximate surface area is 111 Å². The number of carbonyl (C=O) groups excluding carboxylic acids is 1. The van der Waals surface area contributed by atoms with Gasteiger partial charge in [-0.1, -0.05) is 19.1 Å². The molecule has 0 aliphatic carbocycles. The highest BCUT2D eigenvalue weighted by atomic mass is 32.2. The van der Waals surface area contributed by atoms with Crippen LogP contribution in [-0.4, -0.2) is 38.6 Å². The fourth-order valence-electron chi connectivity index (χ4n) is 1.42. The number of aliphatic hydroxyl groups is 1. The maximum atomic E-state index is 11.9. The van der Waals surface area contributed by atoms with E-state index < -0.39 is 22.0 Å². The Morgan fingerprint density at radius 2 is 2.05 bits per heavy atom. The zero-order chi connectivity index (χ0) is 14.5. The van der Waals surface area contributed by atoms with Gasteiger partial charge in [0, 0.05) is 13.1 Å². The van der Waals surface area contributed by atoms with Crippen LogP contribution in [-0.2, 0) is 14.8 Å². The van der Waals surface area contributed by atoms with Crippen molar-refractivity contribution < 1.29 is 18.3 Å². The molecule has 5 N–H and O–H groups in total. The Morgan fingerprint density at radius 3 is 2.63 bits per heavy atom. The molecule has 0 bridgehead atoms. The Balaban J connectivity index is 2.94. The monoisotopic (exact) mass is 287 g/mol. The lowest BCUT2D eigenvalue weighted by molar-refractivity contribution is -0.125. The minimum absolute atomic E-state index is 0.0496. The smallest absolute Gasteiger partial charge is 0.248 e. The molecule has 0 radical (unpaired) electrons. The minimum Gasteiger partial charge on any atom is -0.381 e. The summed E-state index contributed by atoms with van der Waals surface area (Å²) in [5.74, 6) is -0.875. The summed E-state index contributed by atoms with van der Waals surface area (Å²) in [5.41, 5.74) is 5.21. The van der Waals surface area contributed by atoms with Crippen molar-refractivity contribution in [2.75, 3.05) is 18.4 Å². The number of para-hydroxylation sites is 1. The standard InChI is InChI=1S/C11H17N3O4S/c1-2-14-19(17,18)10-6-4-3-5-8(10)13-7-9(15)11(12)16/h3-6,9,13-15H,2,7H2,1H3,(H2,12,16). The Hall–Kier alpha value is -1.64. The summed E-state index contributed by atoms with van der Waals surface area (Å²) in [6.45, 7) is 1.78. The molecule has 0 saturated carbocycles. The number of carbonyl (C=O) groups is 1. The molecule has 0 aromatic heterocycles. The largest absolute Gasteiger partial charge is 0.381 e. The number of sulfonamides is 1. The summed E-state index contributed by atoms with van der Waals surface area (Å²) in [7, 11) is -3.62. The highest BCUT2D eigenvalue weighted by molar-refractivity contribution is 7.89. The number of amides is 1. The maximum absolute atomic E-state index is 11.9. The van der Waals surface area contributed by atoms with E-state index in [0.29, 0.717) is 5.69 Å². The van der Waals surface area contributed by atoms with E-state index in [0.717, 1.165) is 0 Å². The number of primary amides is 1. The van der Waals surface area contributed by atoms with Crippen LogP contribution in [0.1, 0.15) is 6.92 Å². The summed E-state index contributed by atoms with van der Waals surface area (Å²) < 4.78 is 26.2. The average Bonchev–Trinajstić information content (AvgIpc) is 2.36. The lowest BCUT2D eigenvalue weighted by Gasteiger charge is -2.14. The van der Waals surface area contributed by atoms with Crippen molar-refractivity contribution in [2.45, 2.75) is 17.9 Å². The van der Waals surface area contributed by atoms with Crippen LogP contribution in [0.25, 0.3) is 0 Å². The van der Waals surface area contributed by atoms with Gasteiger partial charge in [-0.25, -0.2) is 13.1 Å². The topological polar surface area (TPSA) is 122 Å². The maximum Gasteiger partial charge on any atom is 0.248 e. The third-order valence-electron chi connectivity index (χ3n) is 2.33. The molecule has 1 unspecified atom stereocenters. The highest BCUT2D eigenvalue weighted by Gasteiger charge is 2.18. The molecule has 1 amide bonds. The number of rotatable bonds is 7. The average molecular weight is 287 g/mol. The van der Waals surface area contributed by atoms with Crippen molar-refractivity contribution in [3.63, 3.8) is 0 Å². The van der Waals surface area contributed by atoms with Crippen LogP contribution in [0.5, 0.6) is 0 Å². The van der Waals surface area contributed by atoms with E-state index >= 15 is 0 Å². The van der Waals surface area contributed by atoms with Crippen LogP contribution in [0.2, 0.25) is 0 Å². The third kappa shape index (κ3) is 4.19. The molecule has 0 aliphatic rings. The van der Waals surface area contributed by atoms with Crippen molar-refractivity contribution in [1.29, 1.82) is 0 Å². The van der Waals surface area contributed by atoms with Crippen molar-refractivity contribution in [1.82, 2.24) is 4.72 Å². The lowest BCUT2D eigenvalue weighted by Crippen LogP contribution is -2.34. The molecule has 1 aromatic carbocycles. The first-order chi connectivity index (χ1) is 8.88. The van der Waals surface area contributed by atoms with Crippen LogP contribution in [0, 0.1) is 0 Å². The summed E-state index contributed by atoms with van der Waals surface area (Å²) in [6, 6.07) is 6.19. The van der Waals surface area contributed by atoms with Gasteiger partial charge in [-0.05, 0) is 12.1 Å². The molecule has 1 aromatic rings. The second-order valence-electron chi connectivity index (χ2n) is 3.80. The normalized spacial score (nSPS) is 12.9. The van der Waals surface area contributed by atoms with E-state index in [1.807, 2.05) is 0 Å². The number of nitrogens with one attached hydrogen (secondary N) is 2. The first-order valence-electron chi connectivity index (χ1n) is 5.68. The van der Waals surface area contributed by atoms with E-state index in [1.165, 1.54) is 12.1 Å². The molecule has 0 heterocycles. The molecule has 19 heavy (non-hydrogen) atoms. The van der Waals surface area contributed by atoms with E-state index in [4.69, 9.17) is 5.73 Å². The predicted octanol–water partition coefficient (Wildman–Crippen LogP) is -0.757. The molecule has 1 rings (SSSR count). The predicted molar refractivity (Wildman–Crippen MR) is 71.0 cm³/mol. The minimum atomic E-state index is -3.62. The van der Waals surface area contributed by atoms with Crippen molar-refractivity contribution in [2.24, 2.45) is 5.73 Å². The second-order valence-corrected chi connectivity index (χ2v) is 5.53. The number of nitrogens with two attached hydrogens (primary N) is 1. The third-order valence-corrected chi connectivity index (χ3v) is 3.93. The van der Waals surface area contributed by atoms with Crippen molar-refractivity contribution in [3.8, 4) is 0 Å². The van der Waals surface area contributed by atoms with Crippen LogP contribution in [0.4, 0.5) is 5.69 Å². The quantitative estimate of drug-likeness (QED) is 0.525. The summed E-state index contributed by atoms with van der Waals surface area (Å²) >= 11 is 0. The van der Waals surface area contributed by atoms with E-state index in [-0.39, 0.29) is 18.0 Å². The molecule has 0 spiro atoms. The van der Waals surface area contributed by atoms with Gasteiger partial charge in [0.2, 0.25) is 15.9 Å². The van der Waals surface area contributed by atoms with Gasteiger partial charge in [-0.3, -0.25) is 4.79 Å². The molecule has 0 aliphatic heterocycles. The van der Waals surface area contributed by atoms with E-state index in [2.05, 4.69) is 10.0 Å². The molecular formula is C11H17N3O4S. The Bertz CT molecular complexity index is 545. The Morgan fingerprint density at radius 1 is 1.42 bits per heavy atom. The van der Waals surface area contributed by atoms with Gasteiger partial charge in [0.25, 0.3) is 0 Å². The molecule has 0 saturated heterocycles. The van der Waals surface area contributed by atoms with E-state index in [1.54, 1.807) is 19.1 Å². The Kier molecular flexibility index (Phi) is 5.28. The number of benzene rings is 1. The van der Waals surface area contributed by atoms with Gasteiger partial charge in [0.05, 0.1) is 5.69 Å². The highest BCUT2D eigenvalue weighted by Crippen LogP contribution is 2.20. The molecule has 8 heteroatoms. The number of hydrogen-bond donors (Lipinski definition) is 4. The number of hydrogen-bond acceptors (Lipinski definition) is 5. The second kappa shape index (κ2) is 6.50. The van der Waals surface area contributed by atoms with Crippen LogP contribution in [0.15, 0.2) is 29.2 Å². The fraction of sp³-hybridized carbons (Fsp3) is 0.364. The number of aliphatic hydroxyl groups excluding tert-OH is 1. The zero-order valence-electron chi connectivity index (χ0n) is 10.5. The summed E-state index contributed by atoms with van der Waals surface area (Å²) in [4.78, 5) is 10.8. The molecule has 1 atom stereocenters. The number of anilines is 1. The first kappa shape index (κ1) is 15.4. The van der Waals surface area contributed by atoms with Crippen molar-refractivity contribution >= 4 is 21.6 Å². The lowest BCUT2D eigenvalue weighted by atomic mass is 10.3. The molecule has 7 nitrogen and oxygen atoms in total. The van der Waals surface area contributed by atoms with Gasteiger partial charge in [-0.15, -0.1) is 0 Å². The van der Waals surface area contributed by atoms with Gasteiger partial charge in [0.1, 0.15) is 11.0 Å². The van der Waals surface area contributed by atoms with Gasteiger partial charge in [0.15, 0.2) is 0 Å². The van der Waals surface area contributed by atoms with Crippen LogP contribution >= 0.6 is 0 Å². The van der Waals surface area contributed by atoms with Gasteiger partial charge in [-0.2, -0.15) is 0 Å². The zero-order valence-corrected chi connectivity index (χ0v) is 11.3. The van der Waals surface area contributed by atoms with Crippen LogP contribution in [0.3, 0.4) is 0 Å². The van der Waals surface area contributed by atoms with Gasteiger partial charge >= 0.3 is 0 Å². The van der Waals surface area contributed by atoms with Gasteiger partial charge < -0.3 is 16.2 Å². The SMILES string of the molecule is CCNS(=O)(=O)c1ccccc1NCC(O)C(N)=O. The summed E-state index contributed by atoms with van der Waals surface area (Å²) in [6.07, 6.45) is -1.38. The van der Waals surface area contributed by atoms with Crippen molar-refractivity contribution in [3.05, 3.63) is 24.3 Å². The van der Waals surface area contributed by atoms with E-state index in [9.17, 15) is 18.3 Å². The fourth-order valence-corrected chi connectivity index (χ4v) is 2.65. The molecule has 106 valence electrons. The van der Waals surface area contributed by atoms with Crippen LogP contribution < -0.4 is 15.8 Å². The molecular weight excluding hydrogens is 270 g/mol. The summed E-state index contributed by atoms with van der Waals surface area (Å²) in [5, 5.41) is 12.0. The molecule has 0 fully saturated rings. The first-order valence-corrected chi connectivity index (χ1v) is 7.16.